The first kappa shape index (κ1) is 20.7. The van der Waals surface area contributed by atoms with Crippen LogP contribution in [0.2, 0.25) is 0 Å². The largest absolute Gasteiger partial charge is 0.462 e. The summed E-state index contributed by atoms with van der Waals surface area (Å²) in [6.45, 7) is 5.77. The number of hydrogen-bond acceptors (Lipinski definition) is 7. The van der Waals surface area contributed by atoms with E-state index < -0.39 is 5.97 Å². The van der Waals surface area contributed by atoms with Crippen LogP contribution in [0.15, 0.2) is 45.6 Å². The van der Waals surface area contributed by atoms with Crippen molar-refractivity contribution in [3.63, 3.8) is 0 Å². The van der Waals surface area contributed by atoms with Gasteiger partial charge in [0, 0.05) is 29.7 Å². The number of fused-ring (bicyclic) bond motifs is 3. The fourth-order valence-corrected chi connectivity index (χ4v) is 4.14. The molecule has 0 saturated carbocycles. The number of aromatic nitrogens is 3. The van der Waals surface area contributed by atoms with Gasteiger partial charge in [-0.2, -0.15) is 0 Å². The molecule has 1 aromatic carbocycles. The van der Waals surface area contributed by atoms with Gasteiger partial charge in [0.15, 0.2) is 5.69 Å². The second-order valence-electron chi connectivity index (χ2n) is 7.83. The maximum Gasteiger partial charge on any atom is 0.341 e. The molecular formula is C24H22N4O5. The number of carbonyl (C=O) groups is 2. The number of nitrogens with zero attached hydrogens (tertiary/aromatic N) is 3. The Morgan fingerprint density at radius 3 is 2.76 bits per heavy atom. The predicted octanol–water partition coefficient (Wildman–Crippen LogP) is 4.03. The summed E-state index contributed by atoms with van der Waals surface area (Å²) in [5, 5.41) is 8.94. The van der Waals surface area contributed by atoms with Crippen LogP contribution in [0.3, 0.4) is 0 Å². The lowest BCUT2D eigenvalue weighted by Crippen LogP contribution is -2.28. The van der Waals surface area contributed by atoms with E-state index in [9.17, 15) is 9.59 Å². The molecule has 5 rings (SSSR count). The highest BCUT2D eigenvalue weighted by molar-refractivity contribution is 6.18. The second-order valence-corrected chi connectivity index (χ2v) is 7.83. The van der Waals surface area contributed by atoms with Gasteiger partial charge in [0.05, 0.1) is 23.6 Å². The molecule has 9 heteroatoms. The van der Waals surface area contributed by atoms with E-state index in [-0.39, 0.29) is 23.8 Å². The minimum atomic E-state index is -0.501. The van der Waals surface area contributed by atoms with Crippen molar-refractivity contribution in [2.24, 2.45) is 0 Å². The molecule has 0 saturated heterocycles. The van der Waals surface area contributed by atoms with Gasteiger partial charge in [-0.1, -0.05) is 28.5 Å². The summed E-state index contributed by atoms with van der Waals surface area (Å²) in [5.74, 6) is -0.0317. The SMILES string of the molecule is CCOC(=O)C1=CN(C(=O)c2c(C)noc2-c2cc(C)on2)CCc2c1[nH]c1ccccc21. The molecule has 1 amide bonds. The average Bonchev–Trinajstić information content (AvgIpc) is 3.47. The molecule has 0 radical (unpaired) electrons. The van der Waals surface area contributed by atoms with Crippen LogP contribution in [-0.2, 0) is 16.0 Å². The summed E-state index contributed by atoms with van der Waals surface area (Å²) in [7, 11) is 0. The topological polar surface area (TPSA) is 114 Å². The smallest absolute Gasteiger partial charge is 0.341 e. The zero-order chi connectivity index (χ0) is 23.1. The quantitative estimate of drug-likeness (QED) is 0.471. The van der Waals surface area contributed by atoms with Crippen LogP contribution >= 0.6 is 0 Å². The van der Waals surface area contributed by atoms with Gasteiger partial charge in [-0.25, -0.2) is 4.79 Å². The fourth-order valence-electron chi connectivity index (χ4n) is 4.14. The molecule has 0 unspecified atom stereocenters. The molecule has 0 fully saturated rings. The first-order chi connectivity index (χ1) is 16.0. The van der Waals surface area contributed by atoms with Crippen molar-refractivity contribution < 1.29 is 23.4 Å². The van der Waals surface area contributed by atoms with Gasteiger partial charge in [0.2, 0.25) is 5.76 Å². The standard InChI is InChI=1S/C24H22N4O5/c1-4-31-24(30)17-12-28(10-9-16-15-7-5-6-8-18(15)25-21(16)17)23(29)20-14(3)26-33-22(20)19-11-13(2)32-27-19/h5-8,11-12,25H,4,9-10H2,1-3H3. The summed E-state index contributed by atoms with van der Waals surface area (Å²) >= 11 is 0. The third-order valence-corrected chi connectivity index (χ3v) is 5.66. The molecule has 4 heterocycles. The number of esters is 1. The minimum Gasteiger partial charge on any atom is -0.462 e. The molecule has 1 N–H and O–H groups in total. The lowest BCUT2D eigenvalue weighted by molar-refractivity contribution is -0.136. The molecule has 168 valence electrons. The number of aryl methyl sites for hydroxylation is 2. The van der Waals surface area contributed by atoms with Crippen molar-refractivity contribution in [1.29, 1.82) is 0 Å². The van der Waals surface area contributed by atoms with Crippen LogP contribution in [0, 0.1) is 13.8 Å². The second kappa shape index (κ2) is 8.09. The maximum absolute atomic E-state index is 13.7. The van der Waals surface area contributed by atoms with Gasteiger partial charge >= 0.3 is 5.97 Å². The third kappa shape index (κ3) is 3.51. The monoisotopic (exact) mass is 446 g/mol. The van der Waals surface area contributed by atoms with E-state index in [0.29, 0.717) is 41.4 Å². The van der Waals surface area contributed by atoms with Gasteiger partial charge in [-0.3, -0.25) is 4.79 Å². The Labute approximate surface area is 189 Å². The number of aromatic amines is 1. The highest BCUT2D eigenvalue weighted by atomic mass is 16.5. The molecule has 4 aromatic rings. The van der Waals surface area contributed by atoms with E-state index in [1.54, 1.807) is 33.0 Å². The Morgan fingerprint density at radius 2 is 2.00 bits per heavy atom. The van der Waals surface area contributed by atoms with E-state index in [4.69, 9.17) is 13.8 Å². The van der Waals surface area contributed by atoms with Crippen molar-refractivity contribution >= 4 is 28.4 Å². The number of amides is 1. The van der Waals surface area contributed by atoms with Crippen molar-refractivity contribution in [1.82, 2.24) is 20.2 Å². The zero-order valence-corrected chi connectivity index (χ0v) is 18.5. The summed E-state index contributed by atoms with van der Waals surface area (Å²) in [5.41, 5.74) is 3.94. The van der Waals surface area contributed by atoms with Gasteiger partial charge in [0.1, 0.15) is 11.3 Å². The van der Waals surface area contributed by atoms with Crippen LogP contribution in [0.25, 0.3) is 27.9 Å². The zero-order valence-electron chi connectivity index (χ0n) is 18.5. The number of para-hydroxylation sites is 1. The minimum absolute atomic E-state index is 0.222. The Bertz CT molecular complexity index is 1410. The first-order valence-electron chi connectivity index (χ1n) is 10.7. The number of carbonyl (C=O) groups excluding carboxylic acids is 2. The summed E-state index contributed by atoms with van der Waals surface area (Å²) < 4.78 is 15.9. The van der Waals surface area contributed by atoms with Gasteiger partial charge in [-0.15, -0.1) is 0 Å². The molecule has 0 spiro atoms. The van der Waals surface area contributed by atoms with Crippen molar-refractivity contribution in [3.05, 3.63) is 64.8 Å². The summed E-state index contributed by atoms with van der Waals surface area (Å²) in [4.78, 5) is 31.4. The molecule has 0 aliphatic carbocycles. The Kier molecular flexibility index (Phi) is 5.08. The number of rotatable bonds is 4. The Morgan fingerprint density at radius 1 is 1.18 bits per heavy atom. The molecule has 33 heavy (non-hydrogen) atoms. The number of hydrogen-bond donors (Lipinski definition) is 1. The molecule has 3 aromatic heterocycles. The predicted molar refractivity (Wildman–Crippen MR) is 119 cm³/mol. The number of H-pyrrole nitrogens is 1. The number of benzene rings is 1. The van der Waals surface area contributed by atoms with E-state index >= 15 is 0 Å². The van der Waals surface area contributed by atoms with E-state index in [1.807, 2.05) is 24.3 Å². The molecule has 0 atom stereocenters. The maximum atomic E-state index is 13.7. The van der Waals surface area contributed by atoms with Crippen LogP contribution in [0.4, 0.5) is 0 Å². The van der Waals surface area contributed by atoms with Crippen LogP contribution in [-0.4, -0.2) is 45.2 Å². The highest BCUT2D eigenvalue weighted by Crippen LogP contribution is 2.33. The molecule has 0 bridgehead atoms. The molecule has 1 aliphatic rings. The average molecular weight is 446 g/mol. The van der Waals surface area contributed by atoms with Crippen molar-refractivity contribution in [2.45, 2.75) is 27.2 Å². The molecular weight excluding hydrogens is 424 g/mol. The van der Waals surface area contributed by atoms with Crippen LogP contribution < -0.4 is 0 Å². The van der Waals surface area contributed by atoms with Crippen LogP contribution in [0.1, 0.15) is 40.0 Å². The normalized spacial score (nSPS) is 13.5. The lowest BCUT2D eigenvalue weighted by atomic mass is 10.0. The fraction of sp³-hybridized carbons (Fsp3) is 0.250. The van der Waals surface area contributed by atoms with Crippen LogP contribution in [0.5, 0.6) is 0 Å². The third-order valence-electron chi connectivity index (χ3n) is 5.66. The van der Waals surface area contributed by atoms with Gasteiger partial charge in [-0.05, 0) is 38.8 Å². The number of ether oxygens (including phenoxy) is 1. The lowest BCUT2D eigenvalue weighted by Gasteiger charge is -2.17. The Balaban J connectivity index is 1.60. The molecule has 1 aliphatic heterocycles. The Hall–Kier alpha value is -4.14. The summed E-state index contributed by atoms with van der Waals surface area (Å²) in [6, 6.07) is 9.52. The number of nitrogens with one attached hydrogen (secondary N) is 1. The van der Waals surface area contributed by atoms with E-state index in [1.165, 1.54) is 4.90 Å². The van der Waals surface area contributed by atoms with E-state index in [2.05, 4.69) is 15.3 Å². The van der Waals surface area contributed by atoms with E-state index in [0.717, 1.165) is 16.5 Å². The van der Waals surface area contributed by atoms with Crippen molar-refractivity contribution in [3.8, 4) is 11.5 Å². The summed E-state index contributed by atoms with van der Waals surface area (Å²) in [6.07, 6.45) is 2.10. The van der Waals surface area contributed by atoms with Gasteiger partial charge < -0.3 is 23.7 Å². The first-order valence-corrected chi connectivity index (χ1v) is 10.7. The van der Waals surface area contributed by atoms with Gasteiger partial charge in [0.25, 0.3) is 5.91 Å². The highest BCUT2D eigenvalue weighted by Gasteiger charge is 2.31. The van der Waals surface area contributed by atoms with Crippen molar-refractivity contribution in [2.75, 3.05) is 13.2 Å². The molecule has 9 nitrogen and oxygen atoms in total.